The number of rotatable bonds is 9. The molecule has 2 unspecified atom stereocenters. The molecule has 1 fully saturated rings. The minimum absolute atomic E-state index is 0.162. The maximum Gasteiger partial charge on any atom is 0.267 e. The number of hydrogen-bond donors (Lipinski definition) is 2. The van der Waals surface area contributed by atoms with Gasteiger partial charge in [-0.25, -0.2) is 10.3 Å². The van der Waals surface area contributed by atoms with E-state index in [0.717, 1.165) is 41.6 Å². The second-order valence-electron chi connectivity index (χ2n) is 9.14. The van der Waals surface area contributed by atoms with Crippen molar-refractivity contribution in [2.75, 3.05) is 25.6 Å². The van der Waals surface area contributed by atoms with Gasteiger partial charge in [-0.2, -0.15) is 0 Å². The van der Waals surface area contributed by atoms with E-state index in [2.05, 4.69) is 10.8 Å². The fourth-order valence-electron chi connectivity index (χ4n) is 4.10. The van der Waals surface area contributed by atoms with Gasteiger partial charge in [-0.05, 0) is 65.9 Å². The van der Waals surface area contributed by atoms with Crippen molar-refractivity contribution in [2.24, 2.45) is 0 Å². The van der Waals surface area contributed by atoms with E-state index in [1.165, 1.54) is 6.08 Å². The standard InChI is InChI=1S/C30H33N3O4/c1-33(2)26-17-15-23(16-18-26)29(31-30(35)24-10-4-3-5-11-24)25-12-8-9-22(21-25)14-19-27(34)32-37-28-13-6-7-20-36-28/h3-5,8-12,14-19,21,28-29H,6-7,13,20H2,1-2H3,(H,31,35)(H,32,34)/b19-14+. The quantitative estimate of drug-likeness (QED) is 0.325. The van der Waals surface area contributed by atoms with Gasteiger partial charge >= 0.3 is 0 Å². The van der Waals surface area contributed by atoms with Gasteiger partial charge < -0.3 is 15.0 Å². The smallest absolute Gasteiger partial charge is 0.267 e. The maximum atomic E-state index is 13.1. The Bertz CT molecular complexity index is 1200. The summed E-state index contributed by atoms with van der Waals surface area (Å²) in [6.45, 7) is 0.642. The van der Waals surface area contributed by atoms with Crippen LogP contribution < -0.4 is 15.7 Å². The van der Waals surface area contributed by atoms with Crippen molar-refractivity contribution in [3.63, 3.8) is 0 Å². The summed E-state index contributed by atoms with van der Waals surface area (Å²) in [5, 5.41) is 3.17. The minimum Gasteiger partial charge on any atom is -0.378 e. The molecule has 192 valence electrons. The van der Waals surface area contributed by atoms with Gasteiger partial charge in [-0.15, -0.1) is 0 Å². The van der Waals surface area contributed by atoms with Crippen LogP contribution >= 0.6 is 0 Å². The Labute approximate surface area is 218 Å². The Morgan fingerprint density at radius 2 is 1.76 bits per heavy atom. The Balaban J connectivity index is 1.51. The fraction of sp³-hybridized carbons (Fsp3) is 0.267. The molecule has 0 radical (unpaired) electrons. The van der Waals surface area contributed by atoms with Crippen LogP contribution in [0, 0.1) is 0 Å². The van der Waals surface area contributed by atoms with E-state index in [-0.39, 0.29) is 17.9 Å². The number of ether oxygens (including phenoxy) is 1. The lowest BCUT2D eigenvalue weighted by Crippen LogP contribution is -2.32. The van der Waals surface area contributed by atoms with Crippen molar-refractivity contribution in [1.29, 1.82) is 0 Å². The van der Waals surface area contributed by atoms with Crippen LogP contribution in [-0.2, 0) is 14.4 Å². The van der Waals surface area contributed by atoms with Gasteiger partial charge in [0.1, 0.15) is 0 Å². The molecule has 0 aromatic heterocycles. The number of amides is 2. The fourth-order valence-corrected chi connectivity index (χ4v) is 4.10. The predicted octanol–water partition coefficient (Wildman–Crippen LogP) is 4.86. The van der Waals surface area contributed by atoms with Gasteiger partial charge in [0, 0.05) is 44.4 Å². The first-order chi connectivity index (χ1) is 18.0. The Hall–Kier alpha value is -3.94. The van der Waals surface area contributed by atoms with Crippen LogP contribution in [0.25, 0.3) is 6.08 Å². The van der Waals surface area contributed by atoms with Gasteiger partial charge in [-0.1, -0.05) is 48.5 Å². The summed E-state index contributed by atoms with van der Waals surface area (Å²) in [6.07, 6.45) is 5.53. The van der Waals surface area contributed by atoms with Crippen LogP contribution in [0.2, 0.25) is 0 Å². The highest BCUT2D eigenvalue weighted by atomic mass is 16.8. The zero-order chi connectivity index (χ0) is 26.0. The number of anilines is 1. The van der Waals surface area contributed by atoms with Crippen molar-refractivity contribution in [3.8, 4) is 0 Å². The second-order valence-corrected chi connectivity index (χ2v) is 9.14. The normalized spacial score (nSPS) is 16.2. The number of nitrogens with one attached hydrogen (secondary N) is 2. The Morgan fingerprint density at radius 3 is 2.46 bits per heavy atom. The van der Waals surface area contributed by atoms with E-state index in [0.29, 0.717) is 12.2 Å². The number of nitrogens with zero attached hydrogens (tertiary/aromatic N) is 1. The SMILES string of the molecule is CN(C)c1ccc(C(NC(=O)c2ccccc2)c2cccc(/C=C/C(=O)NOC3CCCCO3)c2)cc1. The van der Waals surface area contributed by atoms with E-state index in [1.54, 1.807) is 18.2 Å². The second kappa shape index (κ2) is 12.9. The lowest BCUT2D eigenvalue weighted by atomic mass is 9.96. The van der Waals surface area contributed by atoms with E-state index in [1.807, 2.05) is 85.7 Å². The van der Waals surface area contributed by atoms with E-state index in [4.69, 9.17) is 9.57 Å². The van der Waals surface area contributed by atoms with Gasteiger partial charge in [-0.3, -0.25) is 9.59 Å². The van der Waals surface area contributed by atoms with Crippen molar-refractivity contribution in [1.82, 2.24) is 10.8 Å². The molecule has 37 heavy (non-hydrogen) atoms. The van der Waals surface area contributed by atoms with Crippen molar-refractivity contribution in [3.05, 3.63) is 107 Å². The summed E-state index contributed by atoms with van der Waals surface area (Å²) < 4.78 is 5.46. The highest BCUT2D eigenvalue weighted by Crippen LogP contribution is 2.26. The van der Waals surface area contributed by atoms with Crippen LogP contribution in [0.4, 0.5) is 5.69 Å². The molecule has 1 heterocycles. The van der Waals surface area contributed by atoms with Crippen molar-refractivity contribution < 1.29 is 19.2 Å². The number of carbonyl (C=O) groups is 2. The molecule has 7 nitrogen and oxygen atoms in total. The van der Waals surface area contributed by atoms with Crippen molar-refractivity contribution in [2.45, 2.75) is 31.6 Å². The Morgan fingerprint density at radius 1 is 0.973 bits per heavy atom. The summed E-state index contributed by atoms with van der Waals surface area (Å²) in [6, 6.07) is 24.6. The summed E-state index contributed by atoms with van der Waals surface area (Å²) in [5.41, 5.74) is 6.77. The zero-order valence-electron chi connectivity index (χ0n) is 21.2. The molecule has 4 rings (SSSR count). The topological polar surface area (TPSA) is 79.9 Å². The predicted molar refractivity (Wildman–Crippen MR) is 145 cm³/mol. The molecule has 1 saturated heterocycles. The average Bonchev–Trinajstić information content (AvgIpc) is 2.95. The number of benzene rings is 3. The van der Waals surface area contributed by atoms with Crippen LogP contribution in [-0.4, -0.2) is 38.8 Å². The molecular weight excluding hydrogens is 466 g/mol. The average molecular weight is 500 g/mol. The maximum absolute atomic E-state index is 13.1. The molecule has 3 aromatic carbocycles. The molecule has 0 saturated carbocycles. The molecule has 0 spiro atoms. The minimum atomic E-state index is -0.401. The van der Waals surface area contributed by atoms with Crippen LogP contribution in [0.1, 0.15) is 52.4 Å². The third kappa shape index (κ3) is 7.52. The monoisotopic (exact) mass is 499 g/mol. The van der Waals surface area contributed by atoms with Gasteiger partial charge in [0.2, 0.25) is 0 Å². The molecule has 2 atom stereocenters. The largest absolute Gasteiger partial charge is 0.378 e. The van der Waals surface area contributed by atoms with Gasteiger partial charge in [0.25, 0.3) is 11.8 Å². The van der Waals surface area contributed by atoms with Crippen LogP contribution in [0.5, 0.6) is 0 Å². The van der Waals surface area contributed by atoms with Crippen molar-refractivity contribution >= 4 is 23.6 Å². The number of hydroxylamine groups is 1. The highest BCUT2D eigenvalue weighted by Gasteiger charge is 2.19. The van der Waals surface area contributed by atoms with Crippen LogP contribution in [0.15, 0.2) is 84.9 Å². The van der Waals surface area contributed by atoms with E-state index in [9.17, 15) is 9.59 Å². The number of hydrogen-bond acceptors (Lipinski definition) is 5. The van der Waals surface area contributed by atoms with E-state index >= 15 is 0 Å². The molecule has 0 bridgehead atoms. The first-order valence-corrected chi connectivity index (χ1v) is 12.5. The summed E-state index contributed by atoms with van der Waals surface area (Å²) in [7, 11) is 3.98. The van der Waals surface area contributed by atoms with Gasteiger partial charge in [0.05, 0.1) is 6.04 Å². The molecule has 1 aliphatic heterocycles. The third-order valence-corrected chi connectivity index (χ3v) is 6.15. The first-order valence-electron chi connectivity index (χ1n) is 12.5. The molecular formula is C30H33N3O4. The Kier molecular flexibility index (Phi) is 9.08. The lowest BCUT2D eigenvalue weighted by Gasteiger charge is -2.22. The van der Waals surface area contributed by atoms with E-state index < -0.39 is 6.29 Å². The van der Waals surface area contributed by atoms with Crippen LogP contribution in [0.3, 0.4) is 0 Å². The molecule has 2 N–H and O–H groups in total. The molecule has 7 heteroatoms. The highest BCUT2D eigenvalue weighted by molar-refractivity contribution is 5.94. The third-order valence-electron chi connectivity index (χ3n) is 6.15. The van der Waals surface area contributed by atoms with Gasteiger partial charge in [0.15, 0.2) is 6.29 Å². The summed E-state index contributed by atoms with van der Waals surface area (Å²) in [5.74, 6) is -0.530. The summed E-state index contributed by atoms with van der Waals surface area (Å²) >= 11 is 0. The molecule has 0 aliphatic carbocycles. The molecule has 3 aromatic rings. The molecule has 1 aliphatic rings. The summed E-state index contributed by atoms with van der Waals surface area (Å²) in [4.78, 5) is 32.7. The lowest BCUT2D eigenvalue weighted by molar-refractivity contribution is -0.198. The number of carbonyl (C=O) groups excluding carboxylic acids is 2. The zero-order valence-corrected chi connectivity index (χ0v) is 21.2. The first kappa shape index (κ1) is 26.1. The molecule has 2 amide bonds.